The van der Waals surface area contributed by atoms with Crippen LogP contribution in [-0.2, 0) is 0 Å². The number of nitrogens with one attached hydrogen (secondary N) is 1. The van der Waals surface area contributed by atoms with Gasteiger partial charge in [-0.1, -0.05) is 0 Å². The van der Waals surface area contributed by atoms with Crippen molar-refractivity contribution < 1.29 is 13.5 Å². The van der Waals surface area contributed by atoms with Gasteiger partial charge in [-0.3, -0.25) is 4.40 Å². The number of pyridine rings is 2. The van der Waals surface area contributed by atoms with Gasteiger partial charge in [-0.15, -0.1) is 11.8 Å². The number of methoxy groups -OCH3 is 1. The largest absolute Gasteiger partial charge is 0.495 e. The summed E-state index contributed by atoms with van der Waals surface area (Å²) >= 11 is 1.73. The Morgan fingerprint density at radius 2 is 2.04 bits per heavy atom. The lowest BCUT2D eigenvalue weighted by molar-refractivity contribution is 0.402. The van der Waals surface area contributed by atoms with Crippen LogP contribution < -0.4 is 15.8 Å². The predicted molar refractivity (Wildman–Crippen MR) is 106 cm³/mol. The number of nitrogen functional groups attached to an aromatic ring is 1. The Bertz CT molecular complexity index is 1030. The summed E-state index contributed by atoms with van der Waals surface area (Å²) in [5.41, 5.74) is 6.34. The molecule has 0 radical (unpaired) electrons. The number of ether oxygens (including phenoxy) is 1. The van der Waals surface area contributed by atoms with E-state index in [1.54, 1.807) is 29.3 Å². The second-order valence-corrected chi connectivity index (χ2v) is 8.70. The second kappa shape index (κ2) is 7.21. The first-order valence-electron chi connectivity index (χ1n) is 8.97. The zero-order valence-corrected chi connectivity index (χ0v) is 16.4. The molecule has 0 saturated carbocycles. The van der Waals surface area contributed by atoms with E-state index in [9.17, 15) is 8.78 Å². The van der Waals surface area contributed by atoms with Crippen LogP contribution in [0.1, 0.15) is 19.8 Å². The molecule has 0 aliphatic carbocycles. The molecule has 0 amide bonds. The molecule has 4 rings (SSSR count). The minimum atomic E-state index is -0.837. The standard InChI is InChI=1S/C19H21F2N5OS/c1-19(3-5-23-6-4-19)28-15-10-26-13(9-24-16(26)8-14(15)27-2)11-7-12(20)18(22)25-17(11)21/h7-10,23H,3-6H2,1-2H3,(H2,22,25). The van der Waals surface area contributed by atoms with Crippen LogP contribution in [0, 0.1) is 11.8 Å². The van der Waals surface area contributed by atoms with E-state index in [0.717, 1.165) is 36.9 Å². The summed E-state index contributed by atoms with van der Waals surface area (Å²) < 4.78 is 35.6. The Hall–Kier alpha value is -2.39. The van der Waals surface area contributed by atoms with E-state index in [-0.39, 0.29) is 10.3 Å². The lowest BCUT2D eigenvalue weighted by atomic mass is 10.00. The SMILES string of the molecule is COc1cc2ncc(-c3cc(F)c(N)nc3F)n2cc1SC1(C)CCNCC1. The molecule has 0 unspecified atom stereocenters. The van der Waals surface area contributed by atoms with E-state index in [1.165, 1.54) is 6.20 Å². The number of piperidine rings is 1. The lowest BCUT2D eigenvalue weighted by Crippen LogP contribution is -2.37. The van der Waals surface area contributed by atoms with Gasteiger partial charge in [0.2, 0.25) is 5.95 Å². The first kappa shape index (κ1) is 18.9. The van der Waals surface area contributed by atoms with Crippen molar-refractivity contribution in [2.24, 2.45) is 0 Å². The van der Waals surface area contributed by atoms with Gasteiger partial charge in [0.1, 0.15) is 11.4 Å². The molecule has 3 N–H and O–H groups in total. The number of hydrogen-bond donors (Lipinski definition) is 2. The van der Waals surface area contributed by atoms with Crippen LogP contribution in [0.15, 0.2) is 29.4 Å². The van der Waals surface area contributed by atoms with E-state index in [1.807, 2.05) is 6.20 Å². The molecule has 0 bridgehead atoms. The highest BCUT2D eigenvalue weighted by atomic mass is 32.2. The van der Waals surface area contributed by atoms with Crippen LogP contribution in [0.4, 0.5) is 14.6 Å². The van der Waals surface area contributed by atoms with Crippen molar-refractivity contribution in [2.75, 3.05) is 25.9 Å². The van der Waals surface area contributed by atoms with Gasteiger partial charge in [0.25, 0.3) is 0 Å². The molecule has 28 heavy (non-hydrogen) atoms. The van der Waals surface area contributed by atoms with Gasteiger partial charge >= 0.3 is 0 Å². The van der Waals surface area contributed by atoms with E-state index in [0.29, 0.717) is 17.1 Å². The molecule has 0 atom stereocenters. The molecule has 6 nitrogen and oxygen atoms in total. The smallest absolute Gasteiger partial charge is 0.224 e. The van der Waals surface area contributed by atoms with Crippen LogP contribution >= 0.6 is 11.8 Å². The number of aromatic nitrogens is 3. The summed E-state index contributed by atoms with van der Waals surface area (Å²) in [4.78, 5) is 8.69. The second-order valence-electron chi connectivity index (χ2n) is 7.07. The maximum atomic E-state index is 14.4. The zero-order valence-electron chi connectivity index (χ0n) is 15.6. The van der Waals surface area contributed by atoms with E-state index >= 15 is 0 Å². The Labute approximate surface area is 165 Å². The van der Waals surface area contributed by atoms with Crippen LogP contribution in [0.2, 0.25) is 0 Å². The van der Waals surface area contributed by atoms with Crippen molar-refractivity contribution in [1.82, 2.24) is 19.7 Å². The Balaban J connectivity index is 1.82. The molecule has 4 heterocycles. The molecular formula is C19H21F2N5OS. The van der Waals surface area contributed by atoms with Gasteiger partial charge in [-0.25, -0.2) is 9.37 Å². The average Bonchev–Trinajstić information content (AvgIpc) is 3.07. The van der Waals surface area contributed by atoms with Crippen molar-refractivity contribution in [3.05, 3.63) is 36.3 Å². The summed E-state index contributed by atoms with van der Waals surface area (Å²) in [6.07, 6.45) is 5.40. The number of imidazole rings is 1. The number of thioether (sulfide) groups is 1. The molecule has 3 aromatic rings. The quantitative estimate of drug-likeness (QED) is 0.647. The number of rotatable bonds is 4. The third kappa shape index (κ3) is 3.40. The number of nitrogens with two attached hydrogens (primary N) is 1. The lowest BCUT2D eigenvalue weighted by Gasteiger charge is -2.33. The molecule has 3 aromatic heterocycles. The van der Waals surface area contributed by atoms with E-state index < -0.39 is 17.6 Å². The summed E-state index contributed by atoms with van der Waals surface area (Å²) in [6.45, 7) is 4.16. The molecule has 1 aliphatic heterocycles. The van der Waals surface area contributed by atoms with E-state index in [2.05, 4.69) is 22.2 Å². The van der Waals surface area contributed by atoms with Gasteiger partial charge < -0.3 is 15.8 Å². The number of hydrogen-bond acceptors (Lipinski definition) is 6. The Kier molecular flexibility index (Phi) is 4.88. The summed E-state index contributed by atoms with van der Waals surface area (Å²) in [5, 5.41) is 3.37. The van der Waals surface area contributed by atoms with Crippen LogP contribution in [0.5, 0.6) is 5.75 Å². The normalized spacial score (nSPS) is 16.4. The maximum Gasteiger partial charge on any atom is 0.224 e. The van der Waals surface area contributed by atoms with Gasteiger partial charge in [-0.2, -0.15) is 9.37 Å². The van der Waals surface area contributed by atoms with Crippen molar-refractivity contribution in [3.63, 3.8) is 0 Å². The minimum Gasteiger partial charge on any atom is -0.495 e. The monoisotopic (exact) mass is 405 g/mol. The molecule has 148 valence electrons. The number of nitrogens with zero attached hydrogens (tertiary/aromatic N) is 3. The zero-order chi connectivity index (χ0) is 19.9. The molecule has 0 spiro atoms. The van der Waals surface area contributed by atoms with Gasteiger partial charge in [-0.05, 0) is 38.9 Å². The van der Waals surface area contributed by atoms with Gasteiger partial charge in [0.05, 0.1) is 29.5 Å². The Morgan fingerprint density at radius 3 is 2.75 bits per heavy atom. The maximum absolute atomic E-state index is 14.4. The fourth-order valence-electron chi connectivity index (χ4n) is 3.40. The molecule has 0 aromatic carbocycles. The highest BCUT2D eigenvalue weighted by Gasteiger charge is 2.29. The fraction of sp³-hybridized carbons (Fsp3) is 0.368. The first-order valence-corrected chi connectivity index (χ1v) is 9.78. The fourth-order valence-corrected chi connectivity index (χ4v) is 4.74. The van der Waals surface area contributed by atoms with Crippen LogP contribution in [0.25, 0.3) is 16.9 Å². The highest BCUT2D eigenvalue weighted by molar-refractivity contribution is 8.00. The number of fused-ring (bicyclic) bond motifs is 1. The Morgan fingerprint density at radius 1 is 1.29 bits per heavy atom. The van der Waals surface area contributed by atoms with Gasteiger partial charge in [0, 0.05) is 17.0 Å². The predicted octanol–water partition coefficient (Wildman–Crippen LogP) is 3.50. The highest BCUT2D eigenvalue weighted by Crippen LogP contribution is 2.43. The molecule has 1 fully saturated rings. The van der Waals surface area contributed by atoms with Crippen molar-refractivity contribution in [1.29, 1.82) is 0 Å². The van der Waals surface area contributed by atoms with Crippen LogP contribution in [0.3, 0.4) is 0 Å². The van der Waals surface area contributed by atoms with E-state index in [4.69, 9.17) is 10.5 Å². The third-order valence-corrected chi connectivity index (χ3v) is 6.47. The summed E-state index contributed by atoms with van der Waals surface area (Å²) in [6, 6.07) is 2.85. The molecule has 9 heteroatoms. The minimum absolute atomic E-state index is 0.00777. The molecule has 1 saturated heterocycles. The molecule has 1 aliphatic rings. The van der Waals surface area contributed by atoms with Crippen molar-refractivity contribution >= 4 is 23.2 Å². The first-order chi connectivity index (χ1) is 13.4. The van der Waals surface area contributed by atoms with Crippen LogP contribution in [-0.4, -0.2) is 39.3 Å². The third-order valence-electron chi connectivity index (χ3n) is 5.04. The summed E-state index contributed by atoms with van der Waals surface area (Å²) in [5.74, 6) is -1.36. The number of halogens is 2. The summed E-state index contributed by atoms with van der Waals surface area (Å²) in [7, 11) is 1.61. The topological polar surface area (TPSA) is 77.5 Å². The van der Waals surface area contributed by atoms with Gasteiger partial charge in [0.15, 0.2) is 11.6 Å². The molecular weight excluding hydrogens is 384 g/mol. The van der Waals surface area contributed by atoms with Crippen molar-refractivity contribution in [3.8, 4) is 17.0 Å². The average molecular weight is 405 g/mol. The van der Waals surface area contributed by atoms with Crippen molar-refractivity contribution in [2.45, 2.75) is 29.4 Å². The number of anilines is 1.